The molecule has 3 aromatic rings. The first kappa shape index (κ1) is 23.4. The molecular formula is C26H28F4N6O. The summed E-state index contributed by atoms with van der Waals surface area (Å²) in [7, 11) is 0. The second kappa shape index (κ2) is 7.68. The third-order valence-electron chi connectivity index (χ3n) is 9.17. The molecule has 5 fully saturated rings. The fourth-order valence-electron chi connectivity index (χ4n) is 6.74. The Bertz CT molecular complexity index is 1380. The molecule has 4 heterocycles. The lowest BCUT2D eigenvalue weighted by Crippen LogP contribution is -2.70. The maximum atomic E-state index is 13.6. The van der Waals surface area contributed by atoms with Gasteiger partial charge < -0.3 is 4.74 Å². The highest BCUT2D eigenvalue weighted by Crippen LogP contribution is 2.78. The van der Waals surface area contributed by atoms with Crippen molar-refractivity contribution in [2.45, 2.75) is 94.6 Å². The van der Waals surface area contributed by atoms with Crippen molar-refractivity contribution < 1.29 is 22.3 Å². The number of aryl methyl sites for hydroxylation is 2. The number of halogens is 4. The molecule has 1 saturated heterocycles. The summed E-state index contributed by atoms with van der Waals surface area (Å²) in [5.74, 6) is 0.572. The van der Waals surface area contributed by atoms with E-state index in [0.717, 1.165) is 17.0 Å². The first-order valence-corrected chi connectivity index (χ1v) is 13.0. The van der Waals surface area contributed by atoms with Crippen LogP contribution in [0.15, 0.2) is 12.4 Å². The molecule has 0 spiro atoms. The Morgan fingerprint density at radius 1 is 1.00 bits per heavy atom. The number of fused-ring (bicyclic) bond motifs is 1. The fraction of sp³-hybridized carbons (Fsp3) is 0.654. The van der Waals surface area contributed by atoms with Crippen LogP contribution < -0.4 is 0 Å². The van der Waals surface area contributed by atoms with E-state index in [1.165, 1.54) is 0 Å². The van der Waals surface area contributed by atoms with Crippen LogP contribution in [0.3, 0.4) is 0 Å². The quantitative estimate of drug-likeness (QED) is 0.425. The van der Waals surface area contributed by atoms with E-state index in [1.54, 1.807) is 6.20 Å². The molecule has 196 valence electrons. The Morgan fingerprint density at radius 3 is 2.43 bits per heavy atom. The Morgan fingerprint density at radius 2 is 1.73 bits per heavy atom. The Kier molecular flexibility index (Phi) is 4.86. The minimum absolute atomic E-state index is 0.0310. The highest BCUT2D eigenvalue weighted by molar-refractivity contribution is 5.75. The van der Waals surface area contributed by atoms with Gasteiger partial charge in [0.05, 0.1) is 40.8 Å². The number of aromatic nitrogens is 6. The van der Waals surface area contributed by atoms with Gasteiger partial charge in [0.25, 0.3) is 0 Å². The highest BCUT2D eigenvalue weighted by atomic mass is 19.4. The van der Waals surface area contributed by atoms with Crippen LogP contribution in [-0.4, -0.2) is 48.7 Å². The number of nitrogens with zero attached hydrogens (tertiary/aromatic N) is 6. The lowest BCUT2D eigenvalue weighted by Gasteiger charge is -2.70. The molecule has 4 saturated carbocycles. The second-order valence-corrected chi connectivity index (χ2v) is 11.6. The number of alkyl halides is 4. The van der Waals surface area contributed by atoms with Crippen molar-refractivity contribution >= 4 is 11.2 Å². The molecule has 37 heavy (non-hydrogen) atoms. The Labute approximate surface area is 211 Å². The van der Waals surface area contributed by atoms with Crippen LogP contribution in [0.2, 0.25) is 0 Å². The molecule has 7 nitrogen and oxygen atoms in total. The van der Waals surface area contributed by atoms with Crippen LogP contribution in [0.25, 0.3) is 11.2 Å². The fourth-order valence-corrected chi connectivity index (χ4v) is 6.74. The molecule has 1 aliphatic heterocycles. The van der Waals surface area contributed by atoms with Gasteiger partial charge in [-0.3, -0.25) is 4.68 Å². The first-order chi connectivity index (χ1) is 17.6. The van der Waals surface area contributed by atoms with Gasteiger partial charge in [-0.25, -0.2) is 24.3 Å². The standard InChI is InChI=1S/C26H28F4N6O/c1-13-14(2)33-23-20(32-13)21(24-10-25(11-24,12-24)26(28,29)30)34-22(35-23)15-3-4-37-19(5-15)16-8-31-36(9-16)18-6-17(27)7-18/h8-9,15,17-19H,3-7,10-12H2,1-2H3/t15-,17?,18?,19+,24?,25?/m0/s1. The van der Waals surface area contributed by atoms with Crippen LogP contribution in [0.1, 0.15) is 91.5 Å². The summed E-state index contributed by atoms with van der Waals surface area (Å²) >= 11 is 0. The molecule has 11 heteroatoms. The van der Waals surface area contributed by atoms with Crippen molar-refractivity contribution in [3.8, 4) is 0 Å². The van der Waals surface area contributed by atoms with Crippen molar-refractivity contribution in [1.82, 2.24) is 29.7 Å². The highest BCUT2D eigenvalue weighted by Gasteiger charge is 2.79. The molecule has 2 atom stereocenters. The third kappa shape index (κ3) is 3.45. The Hall–Kier alpha value is -2.69. The minimum atomic E-state index is -4.19. The molecule has 3 aromatic heterocycles. The molecule has 2 bridgehead atoms. The van der Waals surface area contributed by atoms with E-state index in [-0.39, 0.29) is 37.3 Å². The van der Waals surface area contributed by atoms with Crippen LogP contribution in [0.5, 0.6) is 0 Å². The molecular weight excluding hydrogens is 488 g/mol. The Balaban J connectivity index is 1.20. The summed E-state index contributed by atoms with van der Waals surface area (Å²) in [6, 6.07) is 0.0906. The minimum Gasteiger partial charge on any atom is -0.373 e. The molecule has 8 rings (SSSR count). The molecule has 0 N–H and O–H groups in total. The maximum Gasteiger partial charge on any atom is 0.394 e. The van der Waals surface area contributed by atoms with Crippen LogP contribution >= 0.6 is 0 Å². The van der Waals surface area contributed by atoms with E-state index in [4.69, 9.17) is 14.7 Å². The summed E-state index contributed by atoms with van der Waals surface area (Å²) in [5, 5.41) is 4.43. The van der Waals surface area contributed by atoms with E-state index in [1.807, 2.05) is 24.7 Å². The average molecular weight is 517 g/mol. The lowest BCUT2D eigenvalue weighted by molar-refractivity contribution is -0.337. The number of hydrogen-bond donors (Lipinski definition) is 0. The molecule has 0 aromatic carbocycles. The topological polar surface area (TPSA) is 78.6 Å². The van der Waals surface area contributed by atoms with E-state index < -0.39 is 23.2 Å². The summed E-state index contributed by atoms with van der Waals surface area (Å²) < 4.78 is 62.0. The van der Waals surface area contributed by atoms with Crippen LogP contribution in [0.4, 0.5) is 17.6 Å². The SMILES string of the molecule is Cc1nc2nc([C@H]3CCO[C@@H](c4cnn(C5CC(F)C5)c4)C3)nc(C34CC(C(F)(F)F)(C3)C4)c2nc1C. The van der Waals surface area contributed by atoms with Crippen LogP contribution in [-0.2, 0) is 10.2 Å². The smallest absolute Gasteiger partial charge is 0.373 e. The zero-order valence-corrected chi connectivity index (χ0v) is 20.7. The van der Waals surface area contributed by atoms with Gasteiger partial charge in [-0.2, -0.15) is 18.3 Å². The van der Waals surface area contributed by atoms with Crippen molar-refractivity contribution in [3.63, 3.8) is 0 Å². The zero-order valence-electron chi connectivity index (χ0n) is 20.7. The summed E-state index contributed by atoms with van der Waals surface area (Å²) in [4.78, 5) is 19.1. The van der Waals surface area contributed by atoms with Gasteiger partial charge in [0.2, 0.25) is 0 Å². The third-order valence-corrected chi connectivity index (χ3v) is 9.17. The van der Waals surface area contributed by atoms with E-state index in [2.05, 4.69) is 15.1 Å². The van der Waals surface area contributed by atoms with Crippen molar-refractivity contribution in [2.24, 2.45) is 5.41 Å². The summed E-state index contributed by atoms with van der Waals surface area (Å²) in [6.45, 7) is 4.21. The predicted octanol–water partition coefficient (Wildman–Crippen LogP) is 5.53. The van der Waals surface area contributed by atoms with E-state index in [9.17, 15) is 17.6 Å². The van der Waals surface area contributed by atoms with Crippen molar-refractivity contribution in [2.75, 3.05) is 6.61 Å². The molecule has 0 unspecified atom stereocenters. The van der Waals surface area contributed by atoms with E-state index >= 15 is 0 Å². The normalized spacial score (nSPS) is 35.1. The van der Waals surface area contributed by atoms with E-state index in [0.29, 0.717) is 55.0 Å². The van der Waals surface area contributed by atoms with Gasteiger partial charge in [-0.15, -0.1) is 0 Å². The molecule has 0 amide bonds. The monoisotopic (exact) mass is 516 g/mol. The number of ether oxygens (including phenoxy) is 1. The van der Waals surface area contributed by atoms with Crippen molar-refractivity contribution in [1.29, 1.82) is 0 Å². The largest absolute Gasteiger partial charge is 0.394 e. The maximum absolute atomic E-state index is 13.6. The molecule has 4 aliphatic carbocycles. The van der Waals surface area contributed by atoms with Crippen LogP contribution in [0, 0.1) is 19.3 Å². The van der Waals surface area contributed by atoms with Crippen molar-refractivity contribution in [3.05, 3.63) is 40.9 Å². The number of rotatable bonds is 4. The summed E-state index contributed by atoms with van der Waals surface area (Å²) in [6.07, 6.45) is 1.04. The number of hydrogen-bond acceptors (Lipinski definition) is 6. The average Bonchev–Trinajstić information content (AvgIpc) is 3.25. The van der Waals surface area contributed by atoms with Gasteiger partial charge in [-0.05, 0) is 46.0 Å². The molecule has 0 radical (unpaired) electrons. The summed E-state index contributed by atoms with van der Waals surface area (Å²) in [5.41, 5.74) is 1.83. The van der Waals surface area contributed by atoms with Gasteiger partial charge in [0.15, 0.2) is 5.65 Å². The van der Waals surface area contributed by atoms with Gasteiger partial charge >= 0.3 is 6.18 Å². The lowest BCUT2D eigenvalue weighted by atomic mass is 9.34. The zero-order chi connectivity index (χ0) is 25.7. The molecule has 5 aliphatic rings. The van der Waals surface area contributed by atoms with Gasteiger partial charge in [0.1, 0.15) is 17.5 Å². The second-order valence-electron chi connectivity index (χ2n) is 11.6. The van der Waals surface area contributed by atoms with Gasteiger partial charge in [0, 0.05) is 42.5 Å². The first-order valence-electron chi connectivity index (χ1n) is 13.0. The van der Waals surface area contributed by atoms with Gasteiger partial charge in [-0.1, -0.05) is 0 Å². The predicted molar refractivity (Wildman–Crippen MR) is 125 cm³/mol.